The number of nitrogens with one attached hydrogen (secondary N) is 3. The number of amides is 1. The van der Waals surface area contributed by atoms with E-state index in [1.165, 1.54) is 0 Å². The van der Waals surface area contributed by atoms with Crippen molar-refractivity contribution in [1.82, 2.24) is 16.0 Å². The summed E-state index contributed by atoms with van der Waals surface area (Å²) in [5.41, 5.74) is 0.692. The fourth-order valence-corrected chi connectivity index (χ4v) is 3.76. The van der Waals surface area contributed by atoms with E-state index in [0.29, 0.717) is 30.3 Å². The lowest BCUT2D eigenvalue weighted by Crippen LogP contribution is -2.44. The van der Waals surface area contributed by atoms with Crippen LogP contribution >= 0.6 is 24.0 Å². The predicted octanol–water partition coefficient (Wildman–Crippen LogP) is 3.44. The van der Waals surface area contributed by atoms with E-state index in [4.69, 9.17) is 14.5 Å². The number of rotatable bonds is 8. The molecule has 1 saturated heterocycles. The number of halogens is 1. The Morgan fingerprint density at radius 1 is 1.23 bits per heavy atom. The SMILES string of the molecule is CCNC(=NCC1CCCOC1C(C)(C)C)NCCNC(=O)c1cccc(OC)c1.I. The first-order valence-corrected chi connectivity index (χ1v) is 10.9. The van der Waals surface area contributed by atoms with Crippen LogP contribution in [0.2, 0.25) is 0 Å². The van der Waals surface area contributed by atoms with Crippen LogP contribution in [0.15, 0.2) is 29.3 Å². The van der Waals surface area contributed by atoms with E-state index in [9.17, 15) is 4.79 Å². The average molecular weight is 546 g/mol. The summed E-state index contributed by atoms with van der Waals surface area (Å²) in [5, 5.41) is 9.50. The largest absolute Gasteiger partial charge is 0.497 e. The molecule has 0 saturated carbocycles. The van der Waals surface area contributed by atoms with Crippen LogP contribution < -0.4 is 20.7 Å². The second-order valence-electron chi connectivity index (χ2n) is 8.69. The molecule has 31 heavy (non-hydrogen) atoms. The van der Waals surface area contributed by atoms with Gasteiger partial charge in [-0.05, 0) is 43.4 Å². The third-order valence-corrected chi connectivity index (χ3v) is 5.16. The third-order valence-electron chi connectivity index (χ3n) is 5.16. The van der Waals surface area contributed by atoms with Crippen molar-refractivity contribution >= 4 is 35.8 Å². The number of guanidine groups is 1. The van der Waals surface area contributed by atoms with Crippen molar-refractivity contribution in [2.45, 2.75) is 46.6 Å². The van der Waals surface area contributed by atoms with Gasteiger partial charge in [0.25, 0.3) is 5.91 Å². The quantitative estimate of drug-likeness (QED) is 0.202. The van der Waals surface area contributed by atoms with Crippen LogP contribution in [0.4, 0.5) is 0 Å². The highest BCUT2D eigenvalue weighted by molar-refractivity contribution is 14.0. The number of ether oxygens (including phenoxy) is 2. The summed E-state index contributed by atoms with van der Waals surface area (Å²) in [6, 6.07) is 7.13. The molecule has 176 valence electrons. The van der Waals surface area contributed by atoms with E-state index in [1.807, 2.05) is 19.1 Å². The highest BCUT2D eigenvalue weighted by Crippen LogP contribution is 2.34. The van der Waals surface area contributed by atoms with Crippen LogP contribution in [-0.4, -0.2) is 57.9 Å². The van der Waals surface area contributed by atoms with Crippen LogP contribution in [-0.2, 0) is 4.74 Å². The number of aliphatic imine (C=N–C) groups is 1. The minimum Gasteiger partial charge on any atom is -0.497 e. The van der Waals surface area contributed by atoms with Gasteiger partial charge in [0.1, 0.15) is 5.75 Å². The molecule has 7 nitrogen and oxygen atoms in total. The monoisotopic (exact) mass is 546 g/mol. The molecule has 8 heteroatoms. The standard InChI is InChI=1S/C23H38N4O3.HI/c1-6-24-22(27-16-18-10-8-14-30-20(18)23(2,3)4)26-13-12-25-21(28)17-9-7-11-19(15-17)29-5;/h7,9,11,15,18,20H,6,8,10,12-14,16H2,1-5H3,(H,25,28)(H2,24,26,27);1H. The van der Waals surface area contributed by atoms with Crippen molar-refractivity contribution < 1.29 is 14.3 Å². The number of carbonyl (C=O) groups excluding carboxylic acids is 1. The molecule has 3 N–H and O–H groups in total. The van der Waals surface area contributed by atoms with Crippen LogP contribution in [0.1, 0.15) is 50.9 Å². The predicted molar refractivity (Wildman–Crippen MR) is 137 cm³/mol. The van der Waals surface area contributed by atoms with Crippen molar-refractivity contribution in [2.75, 3.05) is 39.9 Å². The molecule has 0 radical (unpaired) electrons. The normalized spacial score (nSPS) is 19.2. The Morgan fingerprint density at radius 3 is 2.65 bits per heavy atom. The second-order valence-corrected chi connectivity index (χ2v) is 8.69. The first-order valence-electron chi connectivity index (χ1n) is 10.9. The van der Waals surface area contributed by atoms with Crippen molar-refractivity contribution in [2.24, 2.45) is 16.3 Å². The Labute approximate surface area is 204 Å². The van der Waals surface area contributed by atoms with Gasteiger partial charge in [-0.1, -0.05) is 26.8 Å². The van der Waals surface area contributed by atoms with Crippen LogP contribution in [0.5, 0.6) is 5.75 Å². The average Bonchev–Trinajstić information content (AvgIpc) is 2.74. The number of nitrogens with zero attached hydrogens (tertiary/aromatic N) is 1. The Hall–Kier alpha value is -1.55. The second kappa shape index (κ2) is 13.8. The number of carbonyl (C=O) groups is 1. The van der Waals surface area contributed by atoms with Gasteiger partial charge >= 0.3 is 0 Å². The van der Waals surface area contributed by atoms with Gasteiger partial charge in [-0.3, -0.25) is 9.79 Å². The van der Waals surface area contributed by atoms with Gasteiger partial charge in [-0.15, -0.1) is 24.0 Å². The summed E-state index contributed by atoms with van der Waals surface area (Å²) < 4.78 is 11.2. The summed E-state index contributed by atoms with van der Waals surface area (Å²) in [4.78, 5) is 17.1. The molecule has 0 aromatic heterocycles. The summed E-state index contributed by atoms with van der Waals surface area (Å²) in [6.07, 6.45) is 2.45. The van der Waals surface area contributed by atoms with Gasteiger partial charge in [0, 0.05) is 44.3 Å². The number of benzene rings is 1. The Bertz CT molecular complexity index is 706. The Morgan fingerprint density at radius 2 is 1.97 bits per heavy atom. The number of methoxy groups -OCH3 is 1. The van der Waals surface area contributed by atoms with E-state index >= 15 is 0 Å². The van der Waals surface area contributed by atoms with E-state index in [1.54, 1.807) is 19.2 Å². The van der Waals surface area contributed by atoms with Crippen molar-refractivity contribution in [3.63, 3.8) is 0 Å². The molecule has 0 bridgehead atoms. The highest BCUT2D eigenvalue weighted by Gasteiger charge is 2.35. The van der Waals surface area contributed by atoms with Gasteiger partial charge in [-0.25, -0.2) is 0 Å². The summed E-state index contributed by atoms with van der Waals surface area (Å²) >= 11 is 0. The van der Waals surface area contributed by atoms with Crippen LogP contribution in [0, 0.1) is 11.3 Å². The molecule has 1 aromatic rings. The van der Waals surface area contributed by atoms with E-state index in [-0.39, 0.29) is 41.4 Å². The molecular weight excluding hydrogens is 507 g/mol. The topological polar surface area (TPSA) is 84.0 Å². The zero-order valence-electron chi connectivity index (χ0n) is 19.5. The highest BCUT2D eigenvalue weighted by atomic mass is 127. The number of hydrogen-bond donors (Lipinski definition) is 3. The van der Waals surface area contributed by atoms with Crippen molar-refractivity contribution in [3.05, 3.63) is 29.8 Å². The molecule has 0 aliphatic carbocycles. The van der Waals surface area contributed by atoms with Crippen molar-refractivity contribution in [3.8, 4) is 5.75 Å². The fraction of sp³-hybridized carbons (Fsp3) is 0.652. The zero-order chi connectivity index (χ0) is 22.0. The Kier molecular flexibility index (Phi) is 12.2. The lowest BCUT2D eigenvalue weighted by atomic mass is 9.78. The minimum absolute atomic E-state index is 0. The molecule has 1 heterocycles. The Balaban J connectivity index is 0.00000480. The zero-order valence-corrected chi connectivity index (χ0v) is 21.8. The van der Waals surface area contributed by atoms with E-state index in [2.05, 4.69) is 36.7 Å². The molecule has 1 amide bonds. The number of hydrogen-bond acceptors (Lipinski definition) is 4. The van der Waals surface area contributed by atoms with Crippen LogP contribution in [0.3, 0.4) is 0 Å². The summed E-state index contributed by atoms with van der Waals surface area (Å²) in [7, 11) is 1.59. The van der Waals surface area contributed by atoms with Crippen molar-refractivity contribution in [1.29, 1.82) is 0 Å². The van der Waals surface area contributed by atoms with E-state index < -0.39 is 0 Å². The first-order chi connectivity index (χ1) is 14.3. The van der Waals surface area contributed by atoms with Gasteiger partial charge in [-0.2, -0.15) is 0 Å². The van der Waals surface area contributed by atoms with Gasteiger partial charge in [0.2, 0.25) is 0 Å². The van der Waals surface area contributed by atoms with Crippen LogP contribution in [0.25, 0.3) is 0 Å². The van der Waals surface area contributed by atoms with Gasteiger partial charge in [0.15, 0.2) is 5.96 Å². The maximum Gasteiger partial charge on any atom is 0.251 e. The molecule has 1 aliphatic rings. The lowest BCUT2D eigenvalue weighted by molar-refractivity contribution is -0.0823. The molecule has 1 aliphatic heterocycles. The van der Waals surface area contributed by atoms with E-state index in [0.717, 1.165) is 38.5 Å². The molecule has 1 aromatic carbocycles. The summed E-state index contributed by atoms with van der Waals surface area (Å²) in [6.45, 7) is 12.2. The molecule has 2 unspecified atom stereocenters. The molecular formula is C23H39IN4O3. The summed E-state index contributed by atoms with van der Waals surface area (Å²) in [5.74, 6) is 1.74. The maximum absolute atomic E-state index is 12.3. The first kappa shape index (κ1) is 27.5. The van der Waals surface area contributed by atoms with Gasteiger partial charge < -0.3 is 25.4 Å². The fourth-order valence-electron chi connectivity index (χ4n) is 3.76. The smallest absolute Gasteiger partial charge is 0.251 e. The third kappa shape index (κ3) is 9.22. The molecule has 0 spiro atoms. The molecule has 2 atom stereocenters. The molecule has 1 fully saturated rings. The maximum atomic E-state index is 12.3. The lowest BCUT2D eigenvalue weighted by Gasteiger charge is -2.39. The minimum atomic E-state index is -0.120. The molecule has 2 rings (SSSR count). The van der Waals surface area contributed by atoms with Gasteiger partial charge in [0.05, 0.1) is 13.2 Å².